The molecular formula is C19H19N3O3. The molecule has 0 heterocycles. The Balaban J connectivity index is 1.94. The summed E-state index contributed by atoms with van der Waals surface area (Å²) in [4.78, 5) is 23.9. The SMILES string of the molecule is CO[C@H](C)c1cccc(NC(=O)C(=O)NCc2cccc(C#N)c2)c1. The summed E-state index contributed by atoms with van der Waals surface area (Å²) < 4.78 is 5.24. The van der Waals surface area contributed by atoms with Gasteiger partial charge in [0, 0.05) is 19.3 Å². The second-order valence-corrected chi connectivity index (χ2v) is 5.45. The van der Waals surface area contributed by atoms with Gasteiger partial charge in [0.05, 0.1) is 17.7 Å². The zero-order chi connectivity index (χ0) is 18.2. The van der Waals surface area contributed by atoms with Crippen LogP contribution in [0.15, 0.2) is 48.5 Å². The van der Waals surface area contributed by atoms with Gasteiger partial charge in [0.25, 0.3) is 0 Å². The standard InChI is InChI=1S/C19H19N3O3/c1-13(25-2)16-7-4-8-17(10-16)22-19(24)18(23)21-12-15-6-3-5-14(9-15)11-20/h3-10,13H,12H2,1-2H3,(H,21,23)(H,22,24)/t13-/m1/s1. The zero-order valence-electron chi connectivity index (χ0n) is 14.1. The fourth-order valence-electron chi connectivity index (χ4n) is 2.21. The summed E-state index contributed by atoms with van der Waals surface area (Å²) in [6.45, 7) is 2.06. The van der Waals surface area contributed by atoms with Crippen LogP contribution in [0.2, 0.25) is 0 Å². The lowest BCUT2D eigenvalue weighted by molar-refractivity contribution is -0.136. The lowest BCUT2D eigenvalue weighted by Crippen LogP contribution is -2.35. The number of ether oxygens (including phenoxy) is 1. The summed E-state index contributed by atoms with van der Waals surface area (Å²) in [6, 6.07) is 16.0. The average molecular weight is 337 g/mol. The first-order chi connectivity index (χ1) is 12.0. The fraction of sp³-hybridized carbons (Fsp3) is 0.211. The molecule has 0 radical (unpaired) electrons. The van der Waals surface area contributed by atoms with Gasteiger partial charge in [-0.3, -0.25) is 9.59 Å². The minimum absolute atomic E-state index is 0.113. The number of nitrogens with one attached hydrogen (secondary N) is 2. The number of methoxy groups -OCH3 is 1. The maximum absolute atomic E-state index is 12.0. The van der Waals surface area contributed by atoms with Crippen molar-refractivity contribution in [3.63, 3.8) is 0 Å². The van der Waals surface area contributed by atoms with E-state index in [0.717, 1.165) is 11.1 Å². The van der Waals surface area contributed by atoms with Gasteiger partial charge in [0.15, 0.2) is 0 Å². The van der Waals surface area contributed by atoms with E-state index in [1.165, 1.54) is 0 Å². The van der Waals surface area contributed by atoms with E-state index >= 15 is 0 Å². The van der Waals surface area contributed by atoms with Crippen molar-refractivity contribution in [1.82, 2.24) is 5.32 Å². The highest BCUT2D eigenvalue weighted by atomic mass is 16.5. The van der Waals surface area contributed by atoms with Crippen molar-refractivity contribution >= 4 is 17.5 Å². The Hall–Kier alpha value is -3.17. The van der Waals surface area contributed by atoms with Crippen LogP contribution in [0.3, 0.4) is 0 Å². The molecule has 1 atom stereocenters. The molecule has 0 saturated carbocycles. The summed E-state index contributed by atoms with van der Waals surface area (Å²) >= 11 is 0. The molecule has 128 valence electrons. The molecular weight excluding hydrogens is 318 g/mol. The molecule has 0 fully saturated rings. The molecule has 0 bridgehead atoms. The zero-order valence-corrected chi connectivity index (χ0v) is 14.1. The third-order valence-electron chi connectivity index (χ3n) is 3.68. The number of benzene rings is 2. The number of nitriles is 1. The Kier molecular flexibility index (Phi) is 6.26. The van der Waals surface area contributed by atoms with Gasteiger partial charge in [-0.2, -0.15) is 5.26 Å². The van der Waals surface area contributed by atoms with Crippen LogP contribution < -0.4 is 10.6 Å². The third kappa shape index (κ3) is 5.16. The summed E-state index contributed by atoms with van der Waals surface area (Å²) in [5, 5.41) is 14.0. The van der Waals surface area contributed by atoms with Gasteiger partial charge >= 0.3 is 11.8 Å². The second-order valence-electron chi connectivity index (χ2n) is 5.45. The van der Waals surface area contributed by atoms with Gasteiger partial charge in [-0.25, -0.2) is 0 Å². The highest BCUT2D eigenvalue weighted by Crippen LogP contribution is 2.19. The Morgan fingerprint density at radius 1 is 1.16 bits per heavy atom. The largest absolute Gasteiger partial charge is 0.377 e. The number of nitrogens with zero attached hydrogens (tertiary/aromatic N) is 1. The molecule has 0 aliphatic rings. The number of rotatable bonds is 5. The Bertz CT molecular complexity index is 812. The van der Waals surface area contributed by atoms with E-state index in [1.807, 2.05) is 19.1 Å². The number of hydrogen-bond donors (Lipinski definition) is 2. The quantitative estimate of drug-likeness (QED) is 0.820. The van der Waals surface area contributed by atoms with Crippen molar-refractivity contribution in [2.45, 2.75) is 19.6 Å². The number of amides is 2. The molecule has 6 nitrogen and oxygen atoms in total. The molecule has 2 N–H and O–H groups in total. The van der Waals surface area contributed by atoms with Crippen LogP contribution in [0.25, 0.3) is 0 Å². The van der Waals surface area contributed by atoms with Crippen molar-refractivity contribution in [3.05, 3.63) is 65.2 Å². The predicted molar refractivity (Wildman–Crippen MR) is 93.5 cm³/mol. The summed E-state index contributed by atoms with van der Waals surface area (Å²) in [5.41, 5.74) is 2.67. The van der Waals surface area contributed by atoms with Gasteiger partial charge in [0.2, 0.25) is 0 Å². The Morgan fingerprint density at radius 2 is 1.92 bits per heavy atom. The number of carbonyl (C=O) groups is 2. The van der Waals surface area contributed by atoms with Crippen LogP contribution in [0.4, 0.5) is 5.69 Å². The van der Waals surface area contributed by atoms with Crippen LogP contribution in [-0.4, -0.2) is 18.9 Å². The average Bonchev–Trinajstić information content (AvgIpc) is 2.65. The fourth-order valence-corrected chi connectivity index (χ4v) is 2.21. The molecule has 0 saturated heterocycles. The second kappa shape index (κ2) is 8.62. The van der Waals surface area contributed by atoms with Crippen molar-refractivity contribution in [1.29, 1.82) is 5.26 Å². The summed E-state index contributed by atoms with van der Waals surface area (Å²) in [7, 11) is 1.60. The maximum Gasteiger partial charge on any atom is 0.313 e. The van der Waals surface area contributed by atoms with E-state index < -0.39 is 11.8 Å². The third-order valence-corrected chi connectivity index (χ3v) is 3.68. The van der Waals surface area contributed by atoms with E-state index in [9.17, 15) is 9.59 Å². The van der Waals surface area contributed by atoms with E-state index in [-0.39, 0.29) is 12.6 Å². The lowest BCUT2D eigenvalue weighted by atomic mass is 10.1. The van der Waals surface area contributed by atoms with E-state index in [1.54, 1.807) is 49.6 Å². The number of anilines is 1. The monoisotopic (exact) mass is 337 g/mol. The van der Waals surface area contributed by atoms with Crippen molar-refractivity contribution in [2.24, 2.45) is 0 Å². The highest BCUT2D eigenvalue weighted by Gasteiger charge is 2.14. The van der Waals surface area contributed by atoms with Crippen LogP contribution in [0.1, 0.15) is 29.7 Å². The highest BCUT2D eigenvalue weighted by molar-refractivity contribution is 6.39. The summed E-state index contributed by atoms with van der Waals surface area (Å²) in [5.74, 6) is -1.49. The lowest BCUT2D eigenvalue weighted by Gasteiger charge is -2.12. The molecule has 0 spiro atoms. The van der Waals surface area contributed by atoms with Gasteiger partial charge < -0.3 is 15.4 Å². The first-order valence-electron chi connectivity index (χ1n) is 7.74. The minimum atomic E-state index is -0.751. The predicted octanol–water partition coefficient (Wildman–Crippen LogP) is 2.52. The smallest absolute Gasteiger partial charge is 0.313 e. The van der Waals surface area contributed by atoms with Crippen molar-refractivity contribution < 1.29 is 14.3 Å². The molecule has 2 aromatic carbocycles. The molecule has 0 aliphatic heterocycles. The molecule has 0 aliphatic carbocycles. The van der Waals surface area contributed by atoms with Gasteiger partial charge in [-0.05, 0) is 42.3 Å². The molecule has 0 aromatic heterocycles. The van der Waals surface area contributed by atoms with Crippen LogP contribution in [0, 0.1) is 11.3 Å². The van der Waals surface area contributed by atoms with Gasteiger partial charge in [-0.1, -0.05) is 24.3 Å². The molecule has 25 heavy (non-hydrogen) atoms. The molecule has 2 rings (SSSR count). The Labute approximate surface area is 146 Å². The van der Waals surface area contributed by atoms with E-state index in [2.05, 4.69) is 10.6 Å². The molecule has 6 heteroatoms. The van der Waals surface area contributed by atoms with Crippen molar-refractivity contribution in [3.8, 4) is 6.07 Å². The van der Waals surface area contributed by atoms with Gasteiger partial charge in [-0.15, -0.1) is 0 Å². The first kappa shape index (κ1) is 18.2. The van der Waals surface area contributed by atoms with Crippen LogP contribution in [-0.2, 0) is 20.9 Å². The van der Waals surface area contributed by atoms with E-state index in [0.29, 0.717) is 11.3 Å². The van der Waals surface area contributed by atoms with Crippen LogP contribution >= 0.6 is 0 Å². The normalized spacial score (nSPS) is 11.2. The molecule has 2 amide bonds. The minimum Gasteiger partial charge on any atom is -0.377 e. The molecule has 0 unspecified atom stereocenters. The number of hydrogen-bond acceptors (Lipinski definition) is 4. The first-order valence-corrected chi connectivity index (χ1v) is 7.74. The van der Waals surface area contributed by atoms with Gasteiger partial charge in [0.1, 0.15) is 0 Å². The van der Waals surface area contributed by atoms with Crippen molar-refractivity contribution in [2.75, 3.05) is 12.4 Å². The van der Waals surface area contributed by atoms with Crippen LogP contribution in [0.5, 0.6) is 0 Å². The Morgan fingerprint density at radius 3 is 2.64 bits per heavy atom. The molecule has 2 aromatic rings. The topological polar surface area (TPSA) is 91.2 Å². The maximum atomic E-state index is 12.0. The van der Waals surface area contributed by atoms with E-state index in [4.69, 9.17) is 10.00 Å². The summed E-state index contributed by atoms with van der Waals surface area (Å²) in [6.07, 6.45) is -0.113. The number of carbonyl (C=O) groups excluding carboxylic acids is 2.